The van der Waals surface area contributed by atoms with E-state index in [0.717, 1.165) is 57.7 Å². The molecule has 2 aromatic rings. The maximum absolute atomic E-state index is 14.6. The first kappa shape index (κ1) is 34.6. The van der Waals surface area contributed by atoms with Crippen molar-refractivity contribution in [2.24, 2.45) is 10.9 Å². The highest BCUT2D eigenvalue weighted by molar-refractivity contribution is 6.29. The first-order valence-electron chi connectivity index (χ1n) is 15.7. The minimum Gasteiger partial charge on any atom is -0.481 e. The highest BCUT2D eigenvalue weighted by Gasteiger charge is 2.37. The average Bonchev–Trinajstić information content (AvgIpc) is 3.47. The van der Waals surface area contributed by atoms with Gasteiger partial charge in [0.05, 0.1) is 13.0 Å². The number of carbonyl (C=O) groups excluding carboxylic acids is 1. The van der Waals surface area contributed by atoms with Crippen molar-refractivity contribution in [1.29, 1.82) is 0 Å². The number of rotatable bonds is 13. The van der Waals surface area contributed by atoms with E-state index in [2.05, 4.69) is 35.4 Å². The maximum Gasteiger partial charge on any atom is 0.231 e. The van der Waals surface area contributed by atoms with Crippen LogP contribution in [0.3, 0.4) is 0 Å². The van der Waals surface area contributed by atoms with Crippen molar-refractivity contribution in [1.82, 2.24) is 10.2 Å². The number of amides is 1. The summed E-state index contributed by atoms with van der Waals surface area (Å²) in [5, 5.41) is 32.5. The Labute approximate surface area is 271 Å². The molecule has 1 aliphatic heterocycles. The SMILES string of the molecule is C/C=C(\C(=NC)OC)c1ccc2c(c1)CN(C(=O)C(C1=CC=C(Cl)CC1)C(CCC)c1ccc(C(O)NCCC(O)O)cc1)C2. The van der Waals surface area contributed by atoms with Crippen LogP contribution in [0.1, 0.15) is 85.9 Å². The molecule has 8 nitrogen and oxygen atoms in total. The molecule has 3 unspecified atom stereocenters. The smallest absolute Gasteiger partial charge is 0.231 e. The van der Waals surface area contributed by atoms with Crippen LogP contribution in [-0.2, 0) is 22.6 Å². The van der Waals surface area contributed by atoms with Gasteiger partial charge in [0.1, 0.15) is 6.23 Å². The Balaban J connectivity index is 1.62. The van der Waals surface area contributed by atoms with E-state index in [9.17, 15) is 9.90 Å². The van der Waals surface area contributed by atoms with Crippen LogP contribution in [0.15, 0.2) is 76.3 Å². The van der Waals surface area contributed by atoms with E-state index in [-0.39, 0.29) is 30.7 Å². The van der Waals surface area contributed by atoms with Crippen LogP contribution in [0.2, 0.25) is 0 Å². The fourth-order valence-corrected chi connectivity index (χ4v) is 6.51. The predicted octanol–water partition coefficient (Wildman–Crippen LogP) is 5.93. The molecule has 1 heterocycles. The van der Waals surface area contributed by atoms with Crippen molar-refractivity contribution in [3.8, 4) is 0 Å². The summed E-state index contributed by atoms with van der Waals surface area (Å²) in [6, 6.07) is 14.1. The van der Waals surface area contributed by atoms with E-state index in [1.54, 1.807) is 14.2 Å². The predicted molar refractivity (Wildman–Crippen MR) is 179 cm³/mol. The van der Waals surface area contributed by atoms with Gasteiger partial charge in [-0.2, -0.15) is 0 Å². The quantitative estimate of drug-likeness (QED) is 0.123. The molecule has 1 aliphatic carbocycles. The van der Waals surface area contributed by atoms with Crippen LogP contribution >= 0.6 is 11.6 Å². The maximum atomic E-state index is 14.6. The Morgan fingerprint density at radius 3 is 2.36 bits per heavy atom. The number of allylic oxidation sites excluding steroid dienone is 4. The van der Waals surface area contributed by atoms with Gasteiger partial charge in [0.25, 0.3) is 0 Å². The van der Waals surface area contributed by atoms with E-state index >= 15 is 0 Å². The summed E-state index contributed by atoms with van der Waals surface area (Å²) in [5.41, 5.74) is 6.99. The molecule has 3 atom stereocenters. The fraction of sp³-hybridized carbons (Fsp3) is 0.444. The third kappa shape index (κ3) is 8.51. The van der Waals surface area contributed by atoms with Crippen LogP contribution < -0.4 is 5.32 Å². The van der Waals surface area contributed by atoms with E-state index in [1.807, 2.05) is 54.3 Å². The number of halogens is 1. The summed E-state index contributed by atoms with van der Waals surface area (Å²) in [6.07, 6.45) is 6.87. The van der Waals surface area contributed by atoms with Gasteiger partial charge in [-0.05, 0) is 72.1 Å². The number of aliphatic hydroxyl groups excluding tert-OH is 2. The lowest BCUT2D eigenvalue weighted by atomic mass is 9.75. The van der Waals surface area contributed by atoms with Crippen molar-refractivity contribution >= 4 is 29.0 Å². The van der Waals surface area contributed by atoms with Gasteiger partial charge in [-0.15, -0.1) is 0 Å². The number of hydrogen-bond acceptors (Lipinski definition) is 7. The Bertz CT molecular complexity index is 1450. The van der Waals surface area contributed by atoms with Gasteiger partial charge in [0.15, 0.2) is 6.29 Å². The second-order valence-electron chi connectivity index (χ2n) is 11.6. The number of ether oxygens (including phenoxy) is 1. The van der Waals surface area contributed by atoms with Gasteiger partial charge >= 0.3 is 0 Å². The molecule has 4 rings (SSSR count). The normalized spacial score (nSPS) is 17.5. The van der Waals surface area contributed by atoms with Crippen LogP contribution in [-0.4, -0.2) is 59.0 Å². The molecule has 0 radical (unpaired) electrons. The Hall–Kier alpha value is -3.27. The molecule has 0 aromatic heterocycles. The Morgan fingerprint density at radius 1 is 1.04 bits per heavy atom. The van der Waals surface area contributed by atoms with Crippen molar-refractivity contribution in [3.05, 3.63) is 99.1 Å². The molecule has 2 aromatic carbocycles. The summed E-state index contributed by atoms with van der Waals surface area (Å²) >= 11 is 6.35. The number of nitrogens with one attached hydrogen (secondary N) is 1. The van der Waals surface area contributed by atoms with Gasteiger partial charge in [-0.3, -0.25) is 15.1 Å². The second kappa shape index (κ2) is 16.3. The molecule has 0 fully saturated rings. The number of hydrogen-bond donors (Lipinski definition) is 4. The molecule has 0 saturated carbocycles. The van der Waals surface area contributed by atoms with E-state index in [1.165, 1.54) is 0 Å². The standard InChI is InChI=1S/C36H46ClN3O5/c1-5-7-31(23-8-10-25(11-9-23)34(43)39-19-18-32(41)42)33(24-14-16-29(37)17-15-24)36(44)40-21-27-13-12-26(20-28(27)22-40)30(6-2)35(38-3)45-4/h6,8-14,16,20,31-34,39,41-43H,5,7,15,17-19,21-22H2,1-4H3/b30-6-,38-35?. The van der Waals surface area contributed by atoms with Crippen LogP contribution in [0.4, 0.5) is 0 Å². The minimum absolute atomic E-state index is 0.0540. The van der Waals surface area contributed by atoms with Crippen LogP contribution in [0.25, 0.3) is 5.57 Å². The van der Waals surface area contributed by atoms with Gasteiger partial charge in [-0.25, -0.2) is 0 Å². The van der Waals surface area contributed by atoms with Gasteiger partial charge in [0, 0.05) is 43.7 Å². The van der Waals surface area contributed by atoms with Crippen molar-refractivity contribution in [2.75, 3.05) is 20.7 Å². The summed E-state index contributed by atoms with van der Waals surface area (Å²) < 4.78 is 5.49. The summed E-state index contributed by atoms with van der Waals surface area (Å²) in [4.78, 5) is 20.8. The molecule has 9 heteroatoms. The Morgan fingerprint density at radius 2 is 1.76 bits per heavy atom. The molecule has 1 amide bonds. The van der Waals surface area contributed by atoms with Gasteiger partial charge in [0.2, 0.25) is 11.8 Å². The van der Waals surface area contributed by atoms with E-state index < -0.39 is 12.5 Å². The highest BCUT2D eigenvalue weighted by atomic mass is 35.5. The van der Waals surface area contributed by atoms with Gasteiger partial charge in [-0.1, -0.05) is 79.1 Å². The third-order valence-electron chi connectivity index (χ3n) is 8.69. The Kier molecular flexibility index (Phi) is 12.6. The summed E-state index contributed by atoms with van der Waals surface area (Å²) in [7, 11) is 3.33. The fourth-order valence-electron chi connectivity index (χ4n) is 6.36. The zero-order valence-corrected chi connectivity index (χ0v) is 27.4. The molecule has 4 N–H and O–H groups in total. The monoisotopic (exact) mass is 635 g/mol. The molecule has 0 bridgehead atoms. The number of fused-ring (bicyclic) bond motifs is 1. The first-order valence-corrected chi connectivity index (χ1v) is 16.1. The van der Waals surface area contributed by atoms with Crippen molar-refractivity contribution in [2.45, 2.75) is 77.5 Å². The number of carbonyl (C=O) groups is 1. The third-order valence-corrected chi connectivity index (χ3v) is 9.00. The van der Waals surface area contributed by atoms with E-state index in [4.69, 9.17) is 26.6 Å². The van der Waals surface area contributed by atoms with E-state index in [0.29, 0.717) is 31.0 Å². The molecule has 0 spiro atoms. The highest BCUT2D eigenvalue weighted by Crippen LogP contribution is 2.41. The molecular weight excluding hydrogens is 590 g/mol. The van der Waals surface area contributed by atoms with Crippen LogP contribution in [0.5, 0.6) is 0 Å². The van der Waals surface area contributed by atoms with Gasteiger partial charge < -0.3 is 25.0 Å². The number of methoxy groups -OCH3 is 1. The molecule has 2 aliphatic rings. The minimum atomic E-state index is -1.43. The van der Waals surface area contributed by atoms with Crippen LogP contribution in [0, 0.1) is 5.92 Å². The lowest BCUT2D eigenvalue weighted by Gasteiger charge is -2.33. The molecular formula is C36H46ClN3O5. The lowest BCUT2D eigenvalue weighted by molar-refractivity contribution is -0.135. The molecule has 242 valence electrons. The number of benzene rings is 2. The lowest BCUT2D eigenvalue weighted by Crippen LogP contribution is -2.36. The number of aliphatic imine (C=N–C) groups is 1. The second-order valence-corrected chi connectivity index (χ2v) is 12.1. The molecule has 45 heavy (non-hydrogen) atoms. The van der Waals surface area contributed by atoms with Crippen molar-refractivity contribution < 1.29 is 24.9 Å². The summed E-state index contributed by atoms with van der Waals surface area (Å²) in [5.74, 6) is 0.274. The first-order chi connectivity index (χ1) is 21.7. The zero-order chi connectivity index (χ0) is 32.5. The van der Waals surface area contributed by atoms with Crippen molar-refractivity contribution in [3.63, 3.8) is 0 Å². The molecule has 0 saturated heterocycles. The largest absolute Gasteiger partial charge is 0.481 e. The summed E-state index contributed by atoms with van der Waals surface area (Å²) in [6.45, 7) is 5.44. The zero-order valence-electron chi connectivity index (χ0n) is 26.7. The average molecular weight is 636 g/mol. The number of aliphatic hydroxyl groups is 3. The topological polar surface area (TPSA) is 115 Å². The number of nitrogens with zero attached hydrogens (tertiary/aromatic N) is 2.